The number of hydrogen-bond donors (Lipinski definition) is 1. The topological polar surface area (TPSA) is 57.9 Å². The summed E-state index contributed by atoms with van der Waals surface area (Å²) < 4.78 is 5.97. The van der Waals surface area contributed by atoms with E-state index in [1.165, 1.54) is 12.8 Å². The van der Waals surface area contributed by atoms with Crippen molar-refractivity contribution in [2.45, 2.75) is 50.8 Å². The van der Waals surface area contributed by atoms with Crippen molar-refractivity contribution in [2.75, 3.05) is 0 Å². The highest BCUT2D eigenvalue weighted by molar-refractivity contribution is 5.38. The van der Waals surface area contributed by atoms with E-state index < -0.39 is 0 Å². The lowest BCUT2D eigenvalue weighted by Crippen LogP contribution is -2.42. The molecule has 0 saturated carbocycles. The molecule has 2 atom stereocenters. The number of ether oxygens (including phenoxy) is 1. The van der Waals surface area contributed by atoms with Crippen LogP contribution in [0.4, 0.5) is 0 Å². The first kappa shape index (κ1) is 11.5. The largest absolute Gasteiger partial charge is 0.473 e. The van der Waals surface area contributed by atoms with E-state index in [-0.39, 0.29) is 6.10 Å². The Balaban J connectivity index is 1.76. The van der Waals surface area contributed by atoms with E-state index in [2.05, 4.69) is 16.4 Å². The first-order valence-corrected chi connectivity index (χ1v) is 6.55. The average Bonchev–Trinajstić information content (AvgIpc) is 2.69. The highest BCUT2D eigenvalue weighted by atomic mass is 16.5. The fourth-order valence-electron chi connectivity index (χ4n) is 2.97. The summed E-state index contributed by atoms with van der Waals surface area (Å²) in [6.07, 6.45) is 4.74. The zero-order chi connectivity index (χ0) is 12.5. The molecule has 0 amide bonds. The van der Waals surface area contributed by atoms with Crippen molar-refractivity contribution in [1.29, 1.82) is 5.26 Å². The van der Waals surface area contributed by atoms with Gasteiger partial charge in [-0.3, -0.25) is 0 Å². The standard InChI is InChI=1S/C14H17N3O/c1-9-2-3-10(8-15)14(16-9)18-13-6-11-4-5-12(7-13)17-11/h2-3,11-13,17H,4-7H2,1H3. The number of fused-ring (bicyclic) bond motifs is 2. The van der Waals surface area contributed by atoms with Crippen LogP contribution in [0.15, 0.2) is 12.1 Å². The van der Waals surface area contributed by atoms with Crippen molar-refractivity contribution < 1.29 is 4.74 Å². The normalized spacial score (nSPS) is 29.9. The molecule has 3 heterocycles. The Bertz CT molecular complexity index is 482. The summed E-state index contributed by atoms with van der Waals surface area (Å²) >= 11 is 0. The SMILES string of the molecule is Cc1ccc(C#N)c(OC2CC3CCC(C2)N3)n1. The first-order valence-electron chi connectivity index (χ1n) is 6.55. The molecule has 0 radical (unpaired) electrons. The molecule has 1 aromatic rings. The molecule has 0 aromatic carbocycles. The number of piperidine rings is 1. The summed E-state index contributed by atoms with van der Waals surface area (Å²) in [6, 6.07) is 6.95. The predicted octanol–water partition coefficient (Wildman–Crippen LogP) is 1.92. The van der Waals surface area contributed by atoms with Gasteiger partial charge in [0.2, 0.25) is 5.88 Å². The first-order chi connectivity index (χ1) is 8.74. The van der Waals surface area contributed by atoms with Gasteiger partial charge >= 0.3 is 0 Å². The number of nitriles is 1. The lowest BCUT2D eigenvalue weighted by Gasteiger charge is -2.29. The van der Waals surface area contributed by atoms with Crippen molar-refractivity contribution >= 4 is 0 Å². The second-order valence-corrected chi connectivity index (χ2v) is 5.27. The molecule has 0 aliphatic carbocycles. The van der Waals surface area contributed by atoms with Crippen molar-refractivity contribution in [3.63, 3.8) is 0 Å². The van der Waals surface area contributed by atoms with Gasteiger partial charge in [-0.05, 0) is 44.7 Å². The van der Waals surface area contributed by atoms with Crippen LogP contribution in [0.3, 0.4) is 0 Å². The second-order valence-electron chi connectivity index (χ2n) is 5.27. The van der Waals surface area contributed by atoms with E-state index in [4.69, 9.17) is 10.00 Å². The number of pyridine rings is 1. The maximum Gasteiger partial charge on any atom is 0.232 e. The molecular weight excluding hydrogens is 226 g/mol. The smallest absolute Gasteiger partial charge is 0.232 e. The lowest BCUT2D eigenvalue weighted by molar-refractivity contribution is 0.131. The summed E-state index contributed by atoms with van der Waals surface area (Å²) in [5.41, 5.74) is 1.42. The van der Waals surface area contributed by atoms with Crippen LogP contribution in [-0.2, 0) is 0 Å². The van der Waals surface area contributed by atoms with Crippen molar-refractivity contribution in [2.24, 2.45) is 0 Å². The Hall–Kier alpha value is -1.60. The Morgan fingerprint density at radius 3 is 2.72 bits per heavy atom. The molecule has 3 rings (SSSR count). The van der Waals surface area contributed by atoms with Crippen LogP contribution < -0.4 is 10.1 Å². The average molecular weight is 243 g/mol. The van der Waals surface area contributed by atoms with Gasteiger partial charge in [0.1, 0.15) is 17.7 Å². The molecule has 2 unspecified atom stereocenters. The molecule has 1 aromatic heterocycles. The van der Waals surface area contributed by atoms with Crippen LogP contribution in [0.5, 0.6) is 5.88 Å². The fraction of sp³-hybridized carbons (Fsp3) is 0.571. The number of rotatable bonds is 2. The van der Waals surface area contributed by atoms with Gasteiger partial charge < -0.3 is 10.1 Å². The van der Waals surface area contributed by atoms with Crippen LogP contribution in [0.1, 0.15) is 36.9 Å². The van der Waals surface area contributed by atoms with Crippen LogP contribution in [0.2, 0.25) is 0 Å². The maximum atomic E-state index is 9.07. The Morgan fingerprint density at radius 2 is 2.06 bits per heavy atom. The summed E-state index contributed by atoms with van der Waals surface area (Å²) in [7, 11) is 0. The highest BCUT2D eigenvalue weighted by Crippen LogP contribution is 2.30. The third kappa shape index (κ3) is 2.19. The summed E-state index contributed by atoms with van der Waals surface area (Å²) in [5.74, 6) is 0.504. The van der Waals surface area contributed by atoms with Crippen molar-refractivity contribution in [3.8, 4) is 11.9 Å². The minimum absolute atomic E-state index is 0.199. The summed E-state index contributed by atoms with van der Waals surface area (Å²) in [4.78, 5) is 4.34. The number of nitrogens with zero attached hydrogens (tertiary/aromatic N) is 2. The highest BCUT2D eigenvalue weighted by Gasteiger charge is 2.34. The van der Waals surface area contributed by atoms with Crippen LogP contribution >= 0.6 is 0 Å². The number of hydrogen-bond acceptors (Lipinski definition) is 4. The van der Waals surface area contributed by atoms with Crippen molar-refractivity contribution in [1.82, 2.24) is 10.3 Å². The lowest BCUT2D eigenvalue weighted by atomic mass is 10.0. The van der Waals surface area contributed by atoms with E-state index in [0.29, 0.717) is 23.5 Å². The van der Waals surface area contributed by atoms with Gasteiger partial charge in [0, 0.05) is 17.8 Å². The maximum absolute atomic E-state index is 9.07. The van der Waals surface area contributed by atoms with Gasteiger partial charge in [-0.1, -0.05) is 0 Å². The Labute approximate surface area is 107 Å². The van der Waals surface area contributed by atoms with E-state index in [0.717, 1.165) is 18.5 Å². The number of aryl methyl sites for hydroxylation is 1. The molecule has 0 spiro atoms. The summed E-state index contributed by atoms with van der Waals surface area (Å²) in [6.45, 7) is 1.92. The fourth-order valence-corrected chi connectivity index (χ4v) is 2.97. The van der Waals surface area contributed by atoms with Gasteiger partial charge in [0.15, 0.2) is 0 Å². The molecule has 1 N–H and O–H groups in total. The van der Waals surface area contributed by atoms with Crippen LogP contribution in [-0.4, -0.2) is 23.2 Å². The third-order valence-electron chi connectivity index (χ3n) is 3.83. The van der Waals surface area contributed by atoms with Gasteiger partial charge in [-0.15, -0.1) is 0 Å². The molecular formula is C14H17N3O. The molecule has 2 bridgehead atoms. The molecule has 18 heavy (non-hydrogen) atoms. The van der Waals surface area contributed by atoms with E-state index >= 15 is 0 Å². The van der Waals surface area contributed by atoms with E-state index in [9.17, 15) is 0 Å². The Kier molecular flexibility index (Phi) is 2.92. The summed E-state index contributed by atoms with van der Waals surface area (Å²) in [5, 5.41) is 12.7. The second kappa shape index (κ2) is 4.58. The van der Waals surface area contributed by atoms with Gasteiger partial charge in [-0.2, -0.15) is 5.26 Å². The molecule has 2 aliphatic rings. The monoisotopic (exact) mass is 243 g/mol. The van der Waals surface area contributed by atoms with Crippen LogP contribution in [0.25, 0.3) is 0 Å². The minimum atomic E-state index is 0.199. The van der Waals surface area contributed by atoms with Crippen molar-refractivity contribution in [3.05, 3.63) is 23.4 Å². The van der Waals surface area contributed by atoms with Gasteiger partial charge in [0.05, 0.1) is 0 Å². The van der Waals surface area contributed by atoms with Gasteiger partial charge in [-0.25, -0.2) is 4.98 Å². The number of aromatic nitrogens is 1. The molecule has 4 heteroatoms. The van der Waals surface area contributed by atoms with Crippen LogP contribution in [0, 0.1) is 18.3 Å². The number of nitrogens with one attached hydrogen (secondary N) is 1. The Morgan fingerprint density at radius 1 is 1.33 bits per heavy atom. The molecule has 2 saturated heterocycles. The van der Waals surface area contributed by atoms with E-state index in [1.807, 2.05) is 13.0 Å². The molecule has 4 nitrogen and oxygen atoms in total. The predicted molar refractivity (Wildman–Crippen MR) is 67.3 cm³/mol. The third-order valence-corrected chi connectivity index (χ3v) is 3.83. The zero-order valence-electron chi connectivity index (χ0n) is 10.5. The minimum Gasteiger partial charge on any atom is -0.473 e. The zero-order valence-corrected chi connectivity index (χ0v) is 10.5. The molecule has 2 aliphatic heterocycles. The molecule has 2 fully saturated rings. The van der Waals surface area contributed by atoms with Gasteiger partial charge in [0.25, 0.3) is 0 Å². The molecule has 94 valence electrons. The van der Waals surface area contributed by atoms with E-state index in [1.54, 1.807) is 6.07 Å². The quantitative estimate of drug-likeness (QED) is 0.862.